The van der Waals surface area contributed by atoms with Gasteiger partial charge in [0.05, 0.1) is 13.5 Å². The lowest BCUT2D eigenvalue weighted by atomic mass is 9.72. The maximum absolute atomic E-state index is 11.8. The van der Waals surface area contributed by atoms with Gasteiger partial charge in [-0.15, -0.1) is 0 Å². The standard InChI is InChI=1S/C15H15NO3/c1-16-15(11-6-4-3-5-7-11)9-8-13(17)12(10-15)14(18)19-2/h3-7,12H,8-10H2,2H3. The maximum atomic E-state index is 11.8. The van der Waals surface area contributed by atoms with E-state index >= 15 is 0 Å². The normalized spacial score (nSPS) is 26.5. The summed E-state index contributed by atoms with van der Waals surface area (Å²) in [6, 6.07) is 9.37. The molecule has 2 unspecified atom stereocenters. The minimum Gasteiger partial charge on any atom is -0.468 e. The number of carbonyl (C=O) groups excluding carboxylic acids is 2. The van der Waals surface area contributed by atoms with Gasteiger partial charge >= 0.3 is 5.97 Å². The highest BCUT2D eigenvalue weighted by atomic mass is 16.5. The van der Waals surface area contributed by atoms with Crippen molar-refractivity contribution in [2.75, 3.05) is 7.11 Å². The molecule has 0 radical (unpaired) electrons. The lowest BCUT2D eigenvalue weighted by molar-refractivity contribution is -0.151. The molecule has 0 heterocycles. The number of hydrogen-bond donors (Lipinski definition) is 0. The van der Waals surface area contributed by atoms with E-state index in [1.807, 2.05) is 30.3 Å². The smallest absolute Gasteiger partial charge is 0.316 e. The molecule has 0 saturated heterocycles. The van der Waals surface area contributed by atoms with E-state index in [0.29, 0.717) is 6.42 Å². The number of ether oxygens (including phenoxy) is 1. The van der Waals surface area contributed by atoms with Gasteiger partial charge < -0.3 is 9.58 Å². The fraction of sp³-hybridized carbons (Fsp3) is 0.400. The Kier molecular flexibility index (Phi) is 3.66. The molecule has 4 nitrogen and oxygen atoms in total. The molecule has 1 aromatic carbocycles. The van der Waals surface area contributed by atoms with E-state index in [9.17, 15) is 9.59 Å². The summed E-state index contributed by atoms with van der Waals surface area (Å²) < 4.78 is 4.67. The summed E-state index contributed by atoms with van der Waals surface area (Å²) >= 11 is 0. The highest BCUT2D eigenvalue weighted by Gasteiger charge is 2.49. The Bertz CT molecular complexity index is 524. The Hall–Kier alpha value is -2.15. The summed E-state index contributed by atoms with van der Waals surface area (Å²) in [5.41, 5.74) is 0.0833. The molecule has 0 amide bonds. The van der Waals surface area contributed by atoms with Gasteiger partial charge in [0.15, 0.2) is 0 Å². The molecule has 98 valence electrons. The largest absolute Gasteiger partial charge is 0.468 e. The third-order valence-electron chi connectivity index (χ3n) is 3.73. The fourth-order valence-electron chi connectivity index (χ4n) is 2.59. The van der Waals surface area contributed by atoms with Gasteiger partial charge in [0.1, 0.15) is 11.7 Å². The second-order valence-corrected chi connectivity index (χ2v) is 4.76. The molecule has 1 saturated carbocycles. The van der Waals surface area contributed by atoms with Gasteiger partial charge in [0.25, 0.3) is 5.54 Å². The Morgan fingerprint density at radius 3 is 2.68 bits per heavy atom. The first-order valence-corrected chi connectivity index (χ1v) is 6.17. The molecule has 4 heteroatoms. The predicted octanol–water partition coefficient (Wildman–Crippen LogP) is 2.34. The first-order chi connectivity index (χ1) is 9.13. The minimum atomic E-state index is -0.812. The van der Waals surface area contributed by atoms with Crippen molar-refractivity contribution in [1.29, 1.82) is 0 Å². The number of methoxy groups -OCH3 is 1. The zero-order chi connectivity index (χ0) is 13.9. The van der Waals surface area contributed by atoms with Crippen molar-refractivity contribution in [1.82, 2.24) is 0 Å². The molecule has 0 aliphatic heterocycles. The first-order valence-electron chi connectivity index (χ1n) is 6.17. The third-order valence-corrected chi connectivity index (χ3v) is 3.73. The number of carbonyl (C=O) groups is 2. The van der Waals surface area contributed by atoms with E-state index in [2.05, 4.69) is 9.58 Å². The van der Waals surface area contributed by atoms with E-state index < -0.39 is 17.4 Å². The van der Waals surface area contributed by atoms with Gasteiger partial charge in [-0.2, -0.15) is 0 Å². The Morgan fingerprint density at radius 2 is 2.11 bits per heavy atom. The number of rotatable bonds is 2. The molecule has 19 heavy (non-hydrogen) atoms. The van der Waals surface area contributed by atoms with Gasteiger partial charge in [0, 0.05) is 18.4 Å². The van der Waals surface area contributed by atoms with Gasteiger partial charge in [-0.05, 0) is 0 Å². The van der Waals surface area contributed by atoms with E-state index in [0.717, 1.165) is 5.56 Å². The summed E-state index contributed by atoms with van der Waals surface area (Å²) in [5.74, 6) is -1.47. The fourth-order valence-corrected chi connectivity index (χ4v) is 2.59. The molecule has 1 aliphatic carbocycles. The topological polar surface area (TPSA) is 47.7 Å². The Balaban J connectivity index is 2.36. The van der Waals surface area contributed by atoms with Crippen molar-refractivity contribution >= 4 is 11.8 Å². The van der Waals surface area contributed by atoms with Crippen LogP contribution in [0.3, 0.4) is 0 Å². The van der Waals surface area contributed by atoms with E-state index in [4.69, 9.17) is 6.57 Å². The average Bonchev–Trinajstić information content (AvgIpc) is 2.48. The summed E-state index contributed by atoms with van der Waals surface area (Å²) in [7, 11) is 1.27. The third kappa shape index (κ3) is 2.37. The molecule has 0 aromatic heterocycles. The van der Waals surface area contributed by atoms with E-state index in [-0.39, 0.29) is 18.6 Å². The molecule has 1 fully saturated rings. The van der Waals surface area contributed by atoms with Crippen molar-refractivity contribution in [3.63, 3.8) is 0 Å². The Labute approximate surface area is 112 Å². The van der Waals surface area contributed by atoms with Gasteiger partial charge in [0.2, 0.25) is 0 Å². The van der Waals surface area contributed by atoms with Crippen LogP contribution in [0, 0.1) is 12.5 Å². The van der Waals surface area contributed by atoms with Crippen LogP contribution in [0.2, 0.25) is 0 Å². The van der Waals surface area contributed by atoms with Crippen LogP contribution in [0.1, 0.15) is 24.8 Å². The van der Waals surface area contributed by atoms with E-state index in [1.54, 1.807) is 0 Å². The van der Waals surface area contributed by atoms with Crippen molar-refractivity contribution in [3.05, 3.63) is 47.3 Å². The first kappa shape index (κ1) is 13.3. The van der Waals surface area contributed by atoms with Crippen molar-refractivity contribution in [2.45, 2.75) is 24.8 Å². The number of esters is 1. The zero-order valence-electron chi connectivity index (χ0n) is 10.8. The summed E-state index contributed by atoms with van der Waals surface area (Å²) in [6.45, 7) is 7.50. The number of hydrogen-bond acceptors (Lipinski definition) is 3. The van der Waals surface area contributed by atoms with Gasteiger partial charge in [-0.25, -0.2) is 6.57 Å². The summed E-state index contributed by atoms with van der Waals surface area (Å²) in [5, 5.41) is 0. The highest BCUT2D eigenvalue weighted by molar-refractivity contribution is 5.99. The van der Waals surface area contributed by atoms with Gasteiger partial charge in [-0.1, -0.05) is 30.3 Å². The number of Topliss-reactive ketones (excluding diaryl/α,β-unsaturated/α-hetero) is 1. The van der Waals surface area contributed by atoms with Crippen LogP contribution in [-0.4, -0.2) is 18.9 Å². The molecule has 0 bridgehead atoms. The summed E-state index contributed by atoms with van der Waals surface area (Å²) in [6.07, 6.45) is 0.926. The minimum absolute atomic E-state index is 0.123. The molecule has 1 aromatic rings. The van der Waals surface area contributed by atoms with Crippen LogP contribution >= 0.6 is 0 Å². The van der Waals surface area contributed by atoms with E-state index in [1.165, 1.54) is 7.11 Å². The average molecular weight is 257 g/mol. The van der Waals surface area contributed by atoms with Crippen molar-refractivity contribution in [2.24, 2.45) is 5.92 Å². The van der Waals surface area contributed by atoms with Crippen LogP contribution in [0.4, 0.5) is 0 Å². The van der Waals surface area contributed by atoms with Crippen molar-refractivity contribution < 1.29 is 14.3 Å². The number of ketones is 1. The maximum Gasteiger partial charge on any atom is 0.316 e. The molecule has 1 aliphatic rings. The summed E-state index contributed by atoms with van der Waals surface area (Å²) in [4.78, 5) is 27.2. The van der Waals surface area contributed by atoms with Crippen LogP contribution < -0.4 is 0 Å². The number of nitrogens with zero attached hydrogens (tertiary/aromatic N) is 1. The van der Waals surface area contributed by atoms with Crippen LogP contribution in [0.25, 0.3) is 4.85 Å². The quantitative estimate of drug-likeness (QED) is 0.464. The lowest BCUT2D eigenvalue weighted by Gasteiger charge is -2.29. The van der Waals surface area contributed by atoms with Crippen LogP contribution in [0.15, 0.2) is 30.3 Å². The van der Waals surface area contributed by atoms with Gasteiger partial charge in [-0.3, -0.25) is 9.59 Å². The molecule has 2 atom stereocenters. The van der Waals surface area contributed by atoms with Crippen molar-refractivity contribution in [3.8, 4) is 0 Å². The lowest BCUT2D eigenvalue weighted by Crippen LogP contribution is -2.39. The highest BCUT2D eigenvalue weighted by Crippen LogP contribution is 2.42. The second-order valence-electron chi connectivity index (χ2n) is 4.76. The number of benzene rings is 1. The molecule has 0 N–H and O–H groups in total. The predicted molar refractivity (Wildman–Crippen MR) is 69.1 cm³/mol. The molecule has 0 spiro atoms. The zero-order valence-corrected chi connectivity index (χ0v) is 10.8. The SMILES string of the molecule is [C-]#[N+]C1(c2ccccc2)CCC(=O)C(C(=O)OC)C1. The monoisotopic (exact) mass is 257 g/mol. The second kappa shape index (κ2) is 5.23. The molecular weight excluding hydrogens is 242 g/mol. The van der Waals surface area contributed by atoms with Crippen LogP contribution in [-0.2, 0) is 19.9 Å². The Morgan fingerprint density at radius 1 is 1.42 bits per heavy atom. The van der Waals surface area contributed by atoms with Crippen LogP contribution in [0.5, 0.6) is 0 Å². The molecular formula is C15H15NO3. The molecule has 2 rings (SSSR count).